The fourth-order valence-electron chi connectivity index (χ4n) is 0.871. The first kappa shape index (κ1) is 8.62. The van der Waals surface area contributed by atoms with Crippen LogP contribution in [0.5, 0.6) is 0 Å². The van der Waals surface area contributed by atoms with Crippen LogP contribution in [0.1, 0.15) is 22.8 Å². The van der Waals surface area contributed by atoms with Crippen molar-refractivity contribution in [2.75, 3.05) is 0 Å². The molecular weight excluding hydrogens is 180 g/mol. The smallest absolute Gasteiger partial charge is 0.337 e. The lowest BCUT2D eigenvalue weighted by Crippen LogP contribution is -1.98. The monoisotopic (exact) mass is 188 g/mol. The lowest BCUT2D eigenvalue weighted by molar-refractivity contribution is 0.0693. The average Bonchev–Trinajstić information content (AvgIpc) is 2.30. The van der Waals surface area contributed by atoms with Gasteiger partial charge in [0.1, 0.15) is 0 Å². The summed E-state index contributed by atoms with van der Waals surface area (Å²) in [5, 5.41) is 10.6. The van der Waals surface area contributed by atoms with Crippen LogP contribution in [0.3, 0.4) is 0 Å². The molecule has 4 heteroatoms. The first-order valence-corrected chi connectivity index (χ1v) is 4.52. The minimum Gasteiger partial charge on any atom is -0.478 e. The van der Waals surface area contributed by atoms with E-state index in [0.717, 1.165) is 12.0 Å². The molecule has 1 N–H and O–H groups in total. The quantitative estimate of drug-likeness (QED) is 0.699. The second kappa shape index (κ2) is 3.28. The Kier molecular flexibility index (Phi) is 2.57. The minimum atomic E-state index is -0.881. The predicted molar refractivity (Wildman–Crippen MR) is 47.9 cm³/mol. The van der Waals surface area contributed by atoms with Crippen molar-refractivity contribution < 1.29 is 9.90 Å². The Labute approximate surface area is 74.3 Å². The molecule has 0 aliphatic rings. The number of aryl methyl sites for hydroxylation is 1. The van der Waals surface area contributed by atoms with Crippen LogP contribution < -0.4 is 0 Å². The van der Waals surface area contributed by atoms with E-state index < -0.39 is 5.97 Å². The van der Waals surface area contributed by atoms with Crippen LogP contribution in [0.4, 0.5) is 0 Å². The van der Waals surface area contributed by atoms with Crippen LogP contribution >= 0.6 is 24.0 Å². The molecule has 0 bridgehead atoms. The van der Waals surface area contributed by atoms with E-state index in [2.05, 4.69) is 12.6 Å². The van der Waals surface area contributed by atoms with Gasteiger partial charge < -0.3 is 5.11 Å². The first-order chi connectivity index (χ1) is 5.16. The fourth-order valence-corrected chi connectivity index (χ4v) is 2.14. The topological polar surface area (TPSA) is 37.3 Å². The molecule has 1 rings (SSSR count). The molecule has 0 saturated heterocycles. The van der Waals surface area contributed by atoms with Gasteiger partial charge in [-0.05, 0) is 17.4 Å². The standard InChI is InChI=1S/C7H8O2S2/c1-2-4-3-11-7(10)5(4)6(8)9/h3,10H,2H2,1H3,(H,8,9). The highest BCUT2D eigenvalue weighted by atomic mass is 32.2. The van der Waals surface area contributed by atoms with Gasteiger partial charge in [-0.3, -0.25) is 0 Å². The van der Waals surface area contributed by atoms with E-state index >= 15 is 0 Å². The molecule has 1 heterocycles. The highest BCUT2D eigenvalue weighted by Gasteiger charge is 2.13. The zero-order valence-corrected chi connectivity index (χ0v) is 7.71. The Morgan fingerprint density at radius 3 is 2.82 bits per heavy atom. The number of carboxylic acid groups (broad SMARTS) is 1. The summed E-state index contributed by atoms with van der Waals surface area (Å²) in [6.45, 7) is 1.93. The average molecular weight is 188 g/mol. The molecule has 0 saturated carbocycles. The van der Waals surface area contributed by atoms with Crippen molar-refractivity contribution >= 4 is 29.9 Å². The maximum absolute atomic E-state index is 10.6. The third-order valence-corrected chi connectivity index (χ3v) is 2.81. The Morgan fingerprint density at radius 1 is 1.82 bits per heavy atom. The van der Waals surface area contributed by atoms with Crippen LogP contribution in [0.2, 0.25) is 0 Å². The third-order valence-electron chi connectivity index (χ3n) is 1.44. The third kappa shape index (κ3) is 1.57. The summed E-state index contributed by atoms with van der Waals surface area (Å²) in [6.07, 6.45) is 0.749. The molecule has 11 heavy (non-hydrogen) atoms. The number of thiol groups is 1. The molecule has 1 aromatic heterocycles. The highest BCUT2D eigenvalue weighted by Crippen LogP contribution is 2.26. The van der Waals surface area contributed by atoms with Gasteiger partial charge in [-0.1, -0.05) is 6.92 Å². The van der Waals surface area contributed by atoms with Gasteiger partial charge in [-0.15, -0.1) is 24.0 Å². The normalized spacial score (nSPS) is 10.0. The summed E-state index contributed by atoms with van der Waals surface area (Å²) in [4.78, 5) is 10.6. The van der Waals surface area contributed by atoms with Crippen molar-refractivity contribution in [1.29, 1.82) is 0 Å². The number of hydrogen-bond donors (Lipinski definition) is 2. The summed E-state index contributed by atoms with van der Waals surface area (Å²) in [7, 11) is 0. The molecule has 0 aromatic carbocycles. The number of carboxylic acids is 1. The van der Waals surface area contributed by atoms with E-state index in [1.54, 1.807) is 0 Å². The van der Waals surface area contributed by atoms with E-state index in [-0.39, 0.29) is 0 Å². The Hall–Kier alpha value is -0.480. The van der Waals surface area contributed by atoms with Crippen molar-refractivity contribution in [3.05, 3.63) is 16.5 Å². The second-order valence-electron chi connectivity index (χ2n) is 2.10. The molecule has 60 valence electrons. The highest BCUT2D eigenvalue weighted by molar-refractivity contribution is 7.83. The molecular formula is C7H8O2S2. The number of thiophene rings is 1. The van der Waals surface area contributed by atoms with Gasteiger partial charge in [-0.25, -0.2) is 4.79 Å². The van der Waals surface area contributed by atoms with Gasteiger partial charge >= 0.3 is 5.97 Å². The number of rotatable bonds is 2. The van der Waals surface area contributed by atoms with Crippen molar-refractivity contribution in [2.45, 2.75) is 17.6 Å². The van der Waals surface area contributed by atoms with Gasteiger partial charge in [-0.2, -0.15) is 0 Å². The van der Waals surface area contributed by atoms with Crippen LogP contribution in [0.15, 0.2) is 9.59 Å². The maximum Gasteiger partial charge on any atom is 0.337 e. The summed E-state index contributed by atoms with van der Waals surface area (Å²) in [5.74, 6) is -0.881. The Morgan fingerprint density at radius 2 is 2.45 bits per heavy atom. The lowest BCUT2D eigenvalue weighted by Gasteiger charge is -1.94. The van der Waals surface area contributed by atoms with E-state index in [9.17, 15) is 4.79 Å². The molecule has 0 radical (unpaired) electrons. The Balaban J connectivity index is 3.17. The van der Waals surface area contributed by atoms with E-state index in [1.165, 1.54) is 11.3 Å². The van der Waals surface area contributed by atoms with Crippen LogP contribution in [-0.4, -0.2) is 11.1 Å². The number of hydrogen-bond acceptors (Lipinski definition) is 3. The predicted octanol–water partition coefficient (Wildman–Crippen LogP) is 2.30. The lowest BCUT2D eigenvalue weighted by atomic mass is 10.1. The fraction of sp³-hybridized carbons (Fsp3) is 0.286. The van der Waals surface area contributed by atoms with E-state index in [4.69, 9.17) is 5.11 Å². The van der Waals surface area contributed by atoms with Gasteiger partial charge in [0.25, 0.3) is 0 Å². The molecule has 0 aliphatic carbocycles. The van der Waals surface area contributed by atoms with Gasteiger partial charge in [0, 0.05) is 0 Å². The molecule has 2 nitrogen and oxygen atoms in total. The zero-order valence-electron chi connectivity index (χ0n) is 6.00. The Bertz CT molecular complexity index is 278. The van der Waals surface area contributed by atoms with Crippen molar-refractivity contribution in [3.8, 4) is 0 Å². The summed E-state index contributed by atoms with van der Waals surface area (Å²) < 4.78 is 0.592. The minimum absolute atomic E-state index is 0.362. The van der Waals surface area contributed by atoms with E-state index in [1.807, 2.05) is 12.3 Å². The number of aromatic carboxylic acids is 1. The molecule has 0 unspecified atom stereocenters. The summed E-state index contributed by atoms with van der Waals surface area (Å²) >= 11 is 5.42. The van der Waals surface area contributed by atoms with E-state index in [0.29, 0.717) is 9.77 Å². The molecule has 1 aromatic rings. The molecule has 0 fully saturated rings. The maximum atomic E-state index is 10.6. The second-order valence-corrected chi connectivity index (χ2v) is 3.73. The van der Waals surface area contributed by atoms with Crippen molar-refractivity contribution in [1.82, 2.24) is 0 Å². The summed E-state index contributed by atoms with van der Waals surface area (Å²) in [5.41, 5.74) is 1.23. The van der Waals surface area contributed by atoms with Crippen LogP contribution in [0, 0.1) is 0 Å². The van der Waals surface area contributed by atoms with Crippen molar-refractivity contribution in [2.24, 2.45) is 0 Å². The van der Waals surface area contributed by atoms with Gasteiger partial charge in [0.15, 0.2) is 0 Å². The van der Waals surface area contributed by atoms with Crippen LogP contribution in [-0.2, 0) is 6.42 Å². The number of carbonyl (C=O) groups is 1. The largest absolute Gasteiger partial charge is 0.478 e. The SMILES string of the molecule is CCc1csc(S)c1C(=O)O. The van der Waals surface area contributed by atoms with Crippen LogP contribution in [0.25, 0.3) is 0 Å². The molecule has 0 atom stereocenters. The molecule has 0 spiro atoms. The molecule has 0 aliphatic heterocycles. The van der Waals surface area contributed by atoms with Crippen molar-refractivity contribution in [3.63, 3.8) is 0 Å². The first-order valence-electron chi connectivity index (χ1n) is 3.19. The molecule has 0 amide bonds. The van der Waals surface area contributed by atoms with Gasteiger partial charge in [0.05, 0.1) is 9.77 Å². The van der Waals surface area contributed by atoms with Gasteiger partial charge in [0.2, 0.25) is 0 Å². The zero-order chi connectivity index (χ0) is 8.43. The summed E-state index contributed by atoms with van der Waals surface area (Å²) in [6, 6.07) is 0.